The number of aryl methyl sites for hydroxylation is 1. The lowest BCUT2D eigenvalue weighted by atomic mass is 9.88. The highest BCUT2D eigenvalue weighted by atomic mass is 16.7. The third-order valence-electron chi connectivity index (χ3n) is 3.56. The molecule has 0 aliphatic carbocycles. The van der Waals surface area contributed by atoms with Gasteiger partial charge < -0.3 is 19.3 Å². The first kappa shape index (κ1) is 16.0. The molecule has 0 atom stereocenters. The Labute approximate surface area is 125 Å². The van der Waals surface area contributed by atoms with Gasteiger partial charge in [-0.1, -0.05) is 25.9 Å². The average molecular weight is 296 g/mol. The molecule has 6 heteroatoms. The molecule has 0 spiro atoms. The Morgan fingerprint density at radius 3 is 2.52 bits per heavy atom. The van der Waals surface area contributed by atoms with Crippen molar-refractivity contribution < 1.29 is 18.8 Å². The van der Waals surface area contributed by atoms with E-state index in [-0.39, 0.29) is 11.3 Å². The van der Waals surface area contributed by atoms with Crippen LogP contribution in [0.1, 0.15) is 55.9 Å². The zero-order valence-electron chi connectivity index (χ0n) is 13.4. The van der Waals surface area contributed by atoms with E-state index in [0.717, 1.165) is 0 Å². The van der Waals surface area contributed by atoms with Crippen LogP contribution < -0.4 is 5.32 Å². The lowest BCUT2D eigenvalue weighted by Crippen LogP contribution is -2.34. The summed E-state index contributed by atoms with van der Waals surface area (Å²) in [5.74, 6) is -0.221. The predicted molar refractivity (Wildman–Crippen MR) is 77.2 cm³/mol. The fourth-order valence-corrected chi connectivity index (χ4v) is 2.34. The van der Waals surface area contributed by atoms with Crippen LogP contribution in [0.4, 0.5) is 0 Å². The van der Waals surface area contributed by atoms with E-state index in [9.17, 15) is 4.79 Å². The van der Waals surface area contributed by atoms with Gasteiger partial charge in [0.25, 0.3) is 5.91 Å². The molecule has 118 valence electrons. The van der Waals surface area contributed by atoms with E-state index in [0.29, 0.717) is 43.2 Å². The molecule has 21 heavy (non-hydrogen) atoms. The van der Waals surface area contributed by atoms with Crippen molar-refractivity contribution >= 4 is 5.91 Å². The molecule has 6 nitrogen and oxygen atoms in total. The van der Waals surface area contributed by atoms with Gasteiger partial charge in [-0.05, 0) is 13.8 Å². The summed E-state index contributed by atoms with van der Waals surface area (Å²) in [6.45, 7) is 11.3. The molecule has 2 heterocycles. The van der Waals surface area contributed by atoms with E-state index in [1.165, 1.54) is 0 Å². The number of amides is 1. The Kier molecular flexibility index (Phi) is 4.39. The van der Waals surface area contributed by atoms with Crippen LogP contribution in [0.3, 0.4) is 0 Å². The van der Waals surface area contributed by atoms with Crippen LogP contribution in [-0.4, -0.2) is 36.6 Å². The second-order valence-corrected chi connectivity index (χ2v) is 6.55. The highest BCUT2D eigenvalue weighted by Gasteiger charge is 2.32. The van der Waals surface area contributed by atoms with E-state index in [1.807, 2.05) is 27.7 Å². The summed E-state index contributed by atoms with van der Waals surface area (Å²) in [5.41, 5.74) is 0.964. The maximum atomic E-state index is 12.4. The highest BCUT2D eigenvalue weighted by molar-refractivity contribution is 5.96. The molecule has 0 saturated carbocycles. The second-order valence-electron chi connectivity index (χ2n) is 6.55. The summed E-state index contributed by atoms with van der Waals surface area (Å²) >= 11 is 0. The zero-order chi connectivity index (χ0) is 15.7. The monoisotopic (exact) mass is 296 g/mol. The first-order valence-corrected chi connectivity index (χ1v) is 7.26. The van der Waals surface area contributed by atoms with Gasteiger partial charge in [0, 0.05) is 18.4 Å². The molecule has 1 N–H and O–H groups in total. The minimum absolute atomic E-state index is 0.166. The summed E-state index contributed by atoms with van der Waals surface area (Å²) in [4.78, 5) is 12.4. The van der Waals surface area contributed by atoms with Crippen molar-refractivity contribution in [1.29, 1.82) is 0 Å². The molecule has 1 amide bonds. The number of nitrogens with zero attached hydrogens (tertiary/aromatic N) is 1. The van der Waals surface area contributed by atoms with E-state index >= 15 is 0 Å². The van der Waals surface area contributed by atoms with Crippen molar-refractivity contribution in [2.45, 2.75) is 52.2 Å². The van der Waals surface area contributed by atoms with Crippen LogP contribution in [0.25, 0.3) is 0 Å². The Hall–Kier alpha value is -1.40. The Balaban J connectivity index is 1.99. The molecule has 1 aliphatic heterocycles. The number of ether oxygens (including phenoxy) is 2. The number of hydrogen-bond acceptors (Lipinski definition) is 5. The van der Waals surface area contributed by atoms with Crippen molar-refractivity contribution in [2.24, 2.45) is 0 Å². The minimum atomic E-state index is -0.593. The molecule has 0 bridgehead atoms. The molecular weight excluding hydrogens is 272 g/mol. The van der Waals surface area contributed by atoms with Gasteiger partial charge in [-0.25, -0.2) is 0 Å². The minimum Gasteiger partial charge on any atom is -0.361 e. The zero-order valence-corrected chi connectivity index (χ0v) is 13.4. The van der Waals surface area contributed by atoms with Crippen LogP contribution >= 0.6 is 0 Å². The number of rotatable bonds is 4. The lowest BCUT2D eigenvalue weighted by molar-refractivity contribution is -0.145. The average Bonchev–Trinajstić information content (AvgIpc) is 2.95. The summed E-state index contributed by atoms with van der Waals surface area (Å²) < 4.78 is 16.2. The Bertz CT molecular complexity index is 510. The molecule has 0 aromatic carbocycles. The third kappa shape index (κ3) is 3.63. The molecule has 2 rings (SSSR count). The molecule has 0 unspecified atom stereocenters. The summed E-state index contributed by atoms with van der Waals surface area (Å²) in [5, 5.41) is 6.91. The van der Waals surface area contributed by atoms with E-state index in [1.54, 1.807) is 6.92 Å². The van der Waals surface area contributed by atoms with Crippen molar-refractivity contribution in [3.63, 3.8) is 0 Å². The van der Waals surface area contributed by atoms with Gasteiger partial charge in [-0.15, -0.1) is 0 Å². The standard InChI is InChI=1S/C15H24N2O4/c1-10-11(12(17-21-10)14(2,3)4)13(18)16-7-6-15(5)19-8-9-20-15/h6-9H2,1-5H3,(H,16,18). The van der Waals surface area contributed by atoms with Crippen molar-refractivity contribution in [2.75, 3.05) is 19.8 Å². The van der Waals surface area contributed by atoms with Gasteiger partial charge in [-0.3, -0.25) is 4.79 Å². The third-order valence-corrected chi connectivity index (χ3v) is 3.56. The van der Waals surface area contributed by atoms with Crippen LogP contribution in [0.5, 0.6) is 0 Å². The maximum Gasteiger partial charge on any atom is 0.256 e. The van der Waals surface area contributed by atoms with E-state index < -0.39 is 5.79 Å². The fraction of sp³-hybridized carbons (Fsp3) is 0.733. The molecular formula is C15H24N2O4. The van der Waals surface area contributed by atoms with Gasteiger partial charge >= 0.3 is 0 Å². The number of hydrogen-bond donors (Lipinski definition) is 1. The number of nitrogens with one attached hydrogen (secondary N) is 1. The molecule has 1 aromatic rings. The predicted octanol–water partition coefficient (Wildman–Crippen LogP) is 2.16. The molecule has 1 aliphatic rings. The highest BCUT2D eigenvalue weighted by Crippen LogP contribution is 2.27. The first-order valence-electron chi connectivity index (χ1n) is 7.26. The molecule has 0 radical (unpaired) electrons. The van der Waals surface area contributed by atoms with Crippen molar-refractivity contribution in [3.05, 3.63) is 17.0 Å². The smallest absolute Gasteiger partial charge is 0.256 e. The van der Waals surface area contributed by atoms with Crippen LogP contribution in [0.2, 0.25) is 0 Å². The number of carbonyl (C=O) groups is 1. The van der Waals surface area contributed by atoms with E-state index in [4.69, 9.17) is 14.0 Å². The Morgan fingerprint density at radius 1 is 1.33 bits per heavy atom. The van der Waals surface area contributed by atoms with Gasteiger partial charge in [0.15, 0.2) is 5.79 Å². The SMILES string of the molecule is Cc1onc(C(C)(C)C)c1C(=O)NCCC1(C)OCCO1. The summed E-state index contributed by atoms with van der Waals surface area (Å²) in [6.07, 6.45) is 0.605. The van der Waals surface area contributed by atoms with Crippen LogP contribution in [0, 0.1) is 6.92 Å². The Morgan fingerprint density at radius 2 is 1.95 bits per heavy atom. The van der Waals surface area contributed by atoms with Crippen LogP contribution in [-0.2, 0) is 14.9 Å². The van der Waals surface area contributed by atoms with Crippen molar-refractivity contribution in [3.8, 4) is 0 Å². The number of carbonyl (C=O) groups excluding carboxylic acids is 1. The lowest BCUT2D eigenvalue weighted by Gasteiger charge is -2.22. The van der Waals surface area contributed by atoms with Gasteiger partial charge in [-0.2, -0.15) is 0 Å². The van der Waals surface area contributed by atoms with Gasteiger partial charge in [0.2, 0.25) is 0 Å². The topological polar surface area (TPSA) is 73.6 Å². The summed E-state index contributed by atoms with van der Waals surface area (Å²) in [7, 11) is 0. The van der Waals surface area contributed by atoms with Crippen LogP contribution in [0.15, 0.2) is 4.52 Å². The second kappa shape index (κ2) is 5.77. The molecule has 1 aromatic heterocycles. The molecule has 1 saturated heterocycles. The maximum absolute atomic E-state index is 12.4. The normalized spacial score (nSPS) is 18.0. The quantitative estimate of drug-likeness (QED) is 0.921. The summed E-state index contributed by atoms with van der Waals surface area (Å²) in [6, 6.07) is 0. The van der Waals surface area contributed by atoms with Gasteiger partial charge in [0.05, 0.1) is 13.2 Å². The van der Waals surface area contributed by atoms with Gasteiger partial charge in [0.1, 0.15) is 17.0 Å². The molecule has 1 fully saturated rings. The fourth-order valence-electron chi connectivity index (χ4n) is 2.34. The largest absolute Gasteiger partial charge is 0.361 e. The first-order chi connectivity index (χ1) is 9.73. The van der Waals surface area contributed by atoms with E-state index in [2.05, 4.69) is 10.5 Å². The number of aromatic nitrogens is 1. The van der Waals surface area contributed by atoms with Crippen molar-refractivity contribution in [1.82, 2.24) is 10.5 Å².